The van der Waals surface area contributed by atoms with E-state index >= 15 is 0 Å². The molecule has 0 saturated heterocycles. The average Bonchev–Trinajstić information content (AvgIpc) is 2.58. The zero-order valence-electron chi connectivity index (χ0n) is 15.5. The molecule has 0 aliphatic carbocycles. The highest BCUT2D eigenvalue weighted by Crippen LogP contribution is 2.27. The van der Waals surface area contributed by atoms with Crippen LogP contribution in [0.25, 0.3) is 0 Å². The van der Waals surface area contributed by atoms with Gasteiger partial charge in [0.15, 0.2) is 17.5 Å². The lowest BCUT2D eigenvalue weighted by atomic mass is 10.1. The van der Waals surface area contributed by atoms with Gasteiger partial charge in [-0.3, -0.25) is 4.99 Å². The van der Waals surface area contributed by atoms with Crippen LogP contribution in [0.5, 0.6) is 11.5 Å². The van der Waals surface area contributed by atoms with E-state index in [1.165, 1.54) is 5.56 Å². The quantitative estimate of drug-likeness (QED) is 0.262. The topological polar surface area (TPSA) is 54.9 Å². The number of halogens is 1. The summed E-state index contributed by atoms with van der Waals surface area (Å²) in [4.78, 5) is 4.63. The Morgan fingerprint density at radius 3 is 2.46 bits per heavy atom. The van der Waals surface area contributed by atoms with Gasteiger partial charge in [0.1, 0.15) is 0 Å². The van der Waals surface area contributed by atoms with Crippen molar-refractivity contribution in [2.75, 3.05) is 27.3 Å². The minimum absolute atomic E-state index is 0. The number of hydrogen-bond acceptors (Lipinski definition) is 3. The van der Waals surface area contributed by atoms with E-state index in [1.54, 1.807) is 14.2 Å². The number of rotatable bonds is 9. The highest BCUT2D eigenvalue weighted by atomic mass is 127. The molecule has 0 aliphatic rings. The van der Waals surface area contributed by atoms with Crippen LogP contribution in [0, 0.1) is 0 Å². The third kappa shape index (κ3) is 8.08. The molecule has 1 unspecified atom stereocenters. The molecule has 1 aromatic carbocycles. The van der Waals surface area contributed by atoms with E-state index in [1.807, 2.05) is 12.1 Å². The summed E-state index contributed by atoms with van der Waals surface area (Å²) in [5.41, 5.74) is 1.23. The van der Waals surface area contributed by atoms with E-state index < -0.39 is 0 Å². The molecule has 138 valence electrons. The second-order valence-electron chi connectivity index (χ2n) is 5.51. The smallest absolute Gasteiger partial charge is 0.191 e. The minimum atomic E-state index is 0. The lowest BCUT2D eigenvalue weighted by Gasteiger charge is -2.16. The zero-order chi connectivity index (χ0) is 17.1. The van der Waals surface area contributed by atoms with E-state index in [2.05, 4.69) is 42.5 Å². The molecule has 1 rings (SSSR count). The van der Waals surface area contributed by atoms with Crippen molar-refractivity contribution in [2.45, 2.75) is 46.1 Å². The van der Waals surface area contributed by atoms with Gasteiger partial charge in [-0.1, -0.05) is 13.0 Å². The molecule has 0 heterocycles. The average molecular weight is 449 g/mol. The Hall–Kier alpha value is -1.18. The molecule has 0 bridgehead atoms. The van der Waals surface area contributed by atoms with E-state index in [9.17, 15) is 0 Å². The number of nitrogens with zero attached hydrogens (tertiary/aromatic N) is 1. The van der Waals surface area contributed by atoms with Crippen LogP contribution in [0.15, 0.2) is 23.2 Å². The van der Waals surface area contributed by atoms with Crippen molar-refractivity contribution in [2.24, 2.45) is 4.99 Å². The van der Waals surface area contributed by atoms with E-state index in [0.717, 1.165) is 49.8 Å². The number of nitrogens with one attached hydrogen (secondary N) is 2. The second-order valence-corrected chi connectivity index (χ2v) is 5.51. The Morgan fingerprint density at radius 2 is 1.88 bits per heavy atom. The summed E-state index contributed by atoms with van der Waals surface area (Å²) in [5.74, 6) is 2.44. The Morgan fingerprint density at radius 1 is 1.17 bits per heavy atom. The van der Waals surface area contributed by atoms with Crippen LogP contribution in [0.1, 0.15) is 39.2 Å². The van der Waals surface area contributed by atoms with Crippen LogP contribution in [0.2, 0.25) is 0 Å². The summed E-state index contributed by atoms with van der Waals surface area (Å²) in [6.45, 7) is 8.07. The third-order valence-corrected chi connectivity index (χ3v) is 3.68. The monoisotopic (exact) mass is 449 g/mol. The van der Waals surface area contributed by atoms with Gasteiger partial charge in [-0.2, -0.15) is 0 Å². The molecule has 1 aromatic rings. The van der Waals surface area contributed by atoms with Crippen molar-refractivity contribution in [3.05, 3.63) is 23.8 Å². The molecule has 0 aromatic heterocycles. The van der Waals surface area contributed by atoms with Gasteiger partial charge in [-0.15, -0.1) is 24.0 Å². The number of guanidine groups is 1. The first-order valence-electron chi connectivity index (χ1n) is 8.40. The predicted octanol–water partition coefficient (Wildman–Crippen LogP) is 3.61. The van der Waals surface area contributed by atoms with Crippen LogP contribution >= 0.6 is 24.0 Å². The Labute approximate surface area is 163 Å². The molecule has 0 saturated carbocycles. The molecule has 0 spiro atoms. The Balaban J connectivity index is 0.00000529. The molecule has 6 heteroatoms. The number of benzene rings is 1. The van der Waals surface area contributed by atoms with Gasteiger partial charge in [-0.05, 0) is 50.8 Å². The third-order valence-electron chi connectivity index (χ3n) is 3.68. The molecule has 0 aliphatic heterocycles. The van der Waals surface area contributed by atoms with Crippen LogP contribution in [0.3, 0.4) is 0 Å². The molecular formula is C18H32IN3O2. The normalized spacial score (nSPS) is 12.1. The van der Waals surface area contributed by atoms with Crippen molar-refractivity contribution in [1.29, 1.82) is 0 Å². The van der Waals surface area contributed by atoms with E-state index in [4.69, 9.17) is 9.47 Å². The first kappa shape index (κ1) is 22.8. The van der Waals surface area contributed by atoms with Crippen molar-refractivity contribution in [1.82, 2.24) is 10.6 Å². The summed E-state index contributed by atoms with van der Waals surface area (Å²) < 4.78 is 10.6. The number of methoxy groups -OCH3 is 2. The maximum atomic E-state index is 5.34. The maximum Gasteiger partial charge on any atom is 0.191 e. The number of ether oxygens (including phenoxy) is 2. The van der Waals surface area contributed by atoms with Gasteiger partial charge in [-0.25, -0.2) is 0 Å². The SMILES string of the molecule is CCNC(=NCCCc1ccc(OC)c(OC)c1)NC(C)CC.I. The highest BCUT2D eigenvalue weighted by Gasteiger charge is 2.05. The highest BCUT2D eigenvalue weighted by molar-refractivity contribution is 14.0. The van der Waals surface area contributed by atoms with Gasteiger partial charge >= 0.3 is 0 Å². The van der Waals surface area contributed by atoms with Crippen LogP contribution in [-0.4, -0.2) is 39.3 Å². The lowest BCUT2D eigenvalue weighted by Crippen LogP contribution is -2.42. The van der Waals surface area contributed by atoms with Gasteiger partial charge in [0.25, 0.3) is 0 Å². The van der Waals surface area contributed by atoms with E-state index in [-0.39, 0.29) is 24.0 Å². The maximum absolute atomic E-state index is 5.34. The first-order chi connectivity index (χ1) is 11.1. The summed E-state index contributed by atoms with van der Waals surface area (Å²) in [6, 6.07) is 6.49. The van der Waals surface area contributed by atoms with Gasteiger partial charge in [0.05, 0.1) is 14.2 Å². The predicted molar refractivity (Wildman–Crippen MR) is 112 cm³/mol. The van der Waals surface area contributed by atoms with Crippen molar-refractivity contribution < 1.29 is 9.47 Å². The van der Waals surface area contributed by atoms with Gasteiger partial charge < -0.3 is 20.1 Å². The molecular weight excluding hydrogens is 417 g/mol. The van der Waals surface area contributed by atoms with E-state index in [0.29, 0.717) is 6.04 Å². The van der Waals surface area contributed by atoms with Gasteiger partial charge in [0, 0.05) is 19.1 Å². The van der Waals surface area contributed by atoms with Crippen molar-refractivity contribution in [3.8, 4) is 11.5 Å². The minimum Gasteiger partial charge on any atom is -0.493 e. The van der Waals surface area contributed by atoms with Crippen molar-refractivity contribution >= 4 is 29.9 Å². The largest absolute Gasteiger partial charge is 0.493 e. The van der Waals surface area contributed by atoms with Crippen molar-refractivity contribution in [3.63, 3.8) is 0 Å². The molecule has 0 amide bonds. The van der Waals surface area contributed by atoms with Gasteiger partial charge in [0.2, 0.25) is 0 Å². The van der Waals surface area contributed by atoms with Crippen LogP contribution in [-0.2, 0) is 6.42 Å². The molecule has 0 fully saturated rings. The molecule has 1 atom stereocenters. The summed E-state index contributed by atoms with van der Waals surface area (Å²) in [6.07, 6.45) is 3.04. The summed E-state index contributed by atoms with van der Waals surface area (Å²) in [5, 5.41) is 6.68. The lowest BCUT2D eigenvalue weighted by molar-refractivity contribution is 0.354. The Bertz CT molecular complexity index is 495. The molecule has 24 heavy (non-hydrogen) atoms. The fraction of sp³-hybridized carbons (Fsp3) is 0.611. The molecule has 5 nitrogen and oxygen atoms in total. The fourth-order valence-electron chi connectivity index (χ4n) is 2.17. The fourth-order valence-corrected chi connectivity index (χ4v) is 2.17. The number of aliphatic imine (C=N–C) groups is 1. The molecule has 0 radical (unpaired) electrons. The zero-order valence-corrected chi connectivity index (χ0v) is 17.8. The first-order valence-corrected chi connectivity index (χ1v) is 8.40. The van der Waals surface area contributed by atoms with Crippen LogP contribution in [0.4, 0.5) is 0 Å². The number of hydrogen-bond donors (Lipinski definition) is 2. The molecule has 2 N–H and O–H groups in total. The summed E-state index contributed by atoms with van der Waals surface area (Å²) in [7, 11) is 3.31. The van der Waals surface area contributed by atoms with Crippen LogP contribution < -0.4 is 20.1 Å². The second kappa shape index (κ2) is 13.1. The Kier molecular flexibility index (Phi) is 12.5. The number of aryl methyl sites for hydroxylation is 1. The standard InChI is InChI=1S/C18H31N3O2.HI/c1-6-14(3)21-18(19-7-2)20-12-8-9-15-10-11-16(22-4)17(13-15)23-5;/h10-11,13-14H,6-9,12H2,1-5H3,(H2,19,20,21);1H. The summed E-state index contributed by atoms with van der Waals surface area (Å²) >= 11 is 0.